The molecule has 0 aliphatic carbocycles. The maximum Gasteiger partial charge on any atom is 0.336 e. The number of rotatable bonds is 5. The standard InChI is InChI=1S/C16H17ClN4O4S/c1-9(22)19-15-5-4-10(8-18-15)21(26)16(23)20-12-6-11(17)13(24-2)7-14(12)25-3/h4-8,26H,1-3H3,(H,20,23)(H,18,19,22). The Balaban J connectivity index is 2.16. The molecule has 0 spiro atoms. The van der Waals surface area contributed by atoms with Crippen LogP contribution in [0.5, 0.6) is 11.5 Å². The summed E-state index contributed by atoms with van der Waals surface area (Å²) in [7, 11) is 2.94. The van der Waals surface area contributed by atoms with E-state index >= 15 is 0 Å². The summed E-state index contributed by atoms with van der Waals surface area (Å²) in [5.41, 5.74) is 0.753. The highest BCUT2D eigenvalue weighted by Crippen LogP contribution is 2.36. The zero-order valence-electron chi connectivity index (χ0n) is 14.2. The Hall–Kier alpha value is -2.65. The van der Waals surface area contributed by atoms with Crippen molar-refractivity contribution in [2.24, 2.45) is 0 Å². The summed E-state index contributed by atoms with van der Waals surface area (Å²) >= 11 is 10.3. The minimum absolute atomic E-state index is 0.241. The molecule has 1 aromatic carbocycles. The largest absolute Gasteiger partial charge is 0.495 e. The Morgan fingerprint density at radius 1 is 1.15 bits per heavy atom. The fourth-order valence-corrected chi connectivity index (χ4v) is 2.42. The van der Waals surface area contributed by atoms with Crippen LogP contribution in [0.4, 0.5) is 22.0 Å². The molecular weight excluding hydrogens is 380 g/mol. The van der Waals surface area contributed by atoms with Crippen LogP contribution in [-0.2, 0) is 4.79 Å². The molecule has 1 aromatic heterocycles. The van der Waals surface area contributed by atoms with Crippen LogP contribution in [-0.4, -0.2) is 31.1 Å². The van der Waals surface area contributed by atoms with Crippen molar-refractivity contribution in [1.29, 1.82) is 0 Å². The lowest BCUT2D eigenvalue weighted by Gasteiger charge is -2.18. The van der Waals surface area contributed by atoms with E-state index in [1.165, 1.54) is 33.4 Å². The van der Waals surface area contributed by atoms with E-state index in [2.05, 4.69) is 28.4 Å². The number of anilines is 3. The maximum atomic E-state index is 12.4. The lowest BCUT2D eigenvalue weighted by molar-refractivity contribution is -0.114. The second kappa shape index (κ2) is 8.63. The normalized spacial score (nSPS) is 10.0. The molecular formula is C16H17ClN4O4S. The molecule has 138 valence electrons. The molecule has 1 heterocycles. The number of aromatic nitrogens is 1. The number of halogens is 1. The molecule has 2 N–H and O–H groups in total. The van der Waals surface area contributed by atoms with Gasteiger partial charge in [0.2, 0.25) is 5.91 Å². The van der Waals surface area contributed by atoms with Gasteiger partial charge in [0.1, 0.15) is 17.3 Å². The molecule has 0 fully saturated rings. The van der Waals surface area contributed by atoms with Gasteiger partial charge in [0, 0.05) is 13.0 Å². The Morgan fingerprint density at radius 3 is 2.38 bits per heavy atom. The molecule has 0 unspecified atom stereocenters. The number of pyridine rings is 1. The average molecular weight is 397 g/mol. The zero-order chi connectivity index (χ0) is 19.3. The summed E-state index contributed by atoms with van der Waals surface area (Å²) in [6.45, 7) is 1.38. The van der Waals surface area contributed by atoms with Crippen LogP contribution in [0.3, 0.4) is 0 Å². The summed E-state index contributed by atoms with van der Waals surface area (Å²) in [6.07, 6.45) is 1.40. The first-order valence-corrected chi connectivity index (χ1v) is 8.08. The predicted molar refractivity (Wildman–Crippen MR) is 104 cm³/mol. The van der Waals surface area contributed by atoms with Gasteiger partial charge in [0.15, 0.2) is 0 Å². The van der Waals surface area contributed by atoms with Gasteiger partial charge < -0.3 is 20.1 Å². The van der Waals surface area contributed by atoms with Crippen molar-refractivity contribution in [3.05, 3.63) is 35.5 Å². The van der Waals surface area contributed by atoms with Crippen molar-refractivity contribution in [3.63, 3.8) is 0 Å². The highest BCUT2D eigenvalue weighted by Gasteiger charge is 2.17. The van der Waals surface area contributed by atoms with Crippen LogP contribution in [0.15, 0.2) is 30.5 Å². The minimum atomic E-state index is -0.554. The van der Waals surface area contributed by atoms with E-state index in [0.29, 0.717) is 33.7 Å². The first kappa shape index (κ1) is 19.7. The van der Waals surface area contributed by atoms with Crippen LogP contribution < -0.4 is 24.4 Å². The summed E-state index contributed by atoms with van der Waals surface area (Å²) in [5, 5.41) is 5.50. The number of urea groups is 1. The number of carbonyl (C=O) groups excluding carboxylic acids is 2. The molecule has 3 amide bonds. The molecule has 2 aromatic rings. The van der Waals surface area contributed by atoms with Crippen molar-refractivity contribution in [3.8, 4) is 11.5 Å². The molecule has 0 radical (unpaired) electrons. The molecule has 0 saturated carbocycles. The third-order valence-corrected chi connectivity index (χ3v) is 3.91. The molecule has 0 saturated heterocycles. The molecule has 0 aliphatic rings. The van der Waals surface area contributed by atoms with Crippen molar-refractivity contribution < 1.29 is 19.1 Å². The van der Waals surface area contributed by atoms with Gasteiger partial charge in [-0.25, -0.2) is 14.1 Å². The molecule has 8 nitrogen and oxygen atoms in total. The molecule has 0 aliphatic heterocycles. The number of hydrogen-bond acceptors (Lipinski definition) is 6. The van der Waals surface area contributed by atoms with E-state index in [9.17, 15) is 9.59 Å². The number of amides is 3. The molecule has 0 bridgehead atoms. The monoisotopic (exact) mass is 396 g/mol. The maximum absolute atomic E-state index is 12.4. The van der Waals surface area contributed by atoms with Gasteiger partial charge in [-0.1, -0.05) is 24.4 Å². The van der Waals surface area contributed by atoms with Gasteiger partial charge in [-0.15, -0.1) is 0 Å². The summed E-state index contributed by atoms with van der Waals surface area (Å²) in [6, 6.07) is 5.66. The Kier molecular flexibility index (Phi) is 6.53. The van der Waals surface area contributed by atoms with Crippen molar-refractivity contribution in [1.82, 2.24) is 4.98 Å². The van der Waals surface area contributed by atoms with Crippen molar-refractivity contribution in [2.75, 3.05) is 29.2 Å². The zero-order valence-corrected chi connectivity index (χ0v) is 15.9. The molecule has 10 heteroatoms. The minimum Gasteiger partial charge on any atom is -0.495 e. The fraction of sp³-hybridized carbons (Fsp3) is 0.188. The summed E-state index contributed by atoms with van der Waals surface area (Å²) in [5.74, 6) is 0.920. The number of benzene rings is 1. The Labute approximate surface area is 161 Å². The third kappa shape index (κ3) is 4.70. The van der Waals surface area contributed by atoms with Crippen LogP contribution in [0.25, 0.3) is 0 Å². The van der Waals surface area contributed by atoms with Gasteiger partial charge in [-0.2, -0.15) is 0 Å². The third-order valence-electron chi connectivity index (χ3n) is 3.20. The second-order valence-electron chi connectivity index (χ2n) is 5.01. The topological polar surface area (TPSA) is 92.8 Å². The Bertz CT molecular complexity index is 817. The van der Waals surface area contributed by atoms with Gasteiger partial charge in [0.25, 0.3) is 0 Å². The number of hydrogen-bond donors (Lipinski definition) is 3. The lowest BCUT2D eigenvalue weighted by atomic mass is 10.2. The molecule has 0 atom stereocenters. The van der Waals surface area contributed by atoms with Gasteiger partial charge in [-0.3, -0.25) is 4.79 Å². The van der Waals surface area contributed by atoms with Gasteiger partial charge in [0.05, 0.1) is 36.8 Å². The van der Waals surface area contributed by atoms with E-state index in [-0.39, 0.29) is 5.91 Å². The van der Waals surface area contributed by atoms with E-state index in [1.807, 2.05) is 0 Å². The number of methoxy groups -OCH3 is 2. The smallest absolute Gasteiger partial charge is 0.336 e. The van der Waals surface area contributed by atoms with Crippen LogP contribution in [0, 0.1) is 0 Å². The van der Waals surface area contributed by atoms with Crippen molar-refractivity contribution >= 4 is 53.5 Å². The summed E-state index contributed by atoms with van der Waals surface area (Å²) in [4.78, 5) is 27.5. The number of nitrogens with one attached hydrogen (secondary N) is 2. The number of thiol groups is 1. The van der Waals surface area contributed by atoms with E-state index in [1.54, 1.807) is 18.2 Å². The van der Waals surface area contributed by atoms with Crippen LogP contribution in [0.2, 0.25) is 5.02 Å². The molecule has 2 rings (SSSR count). The number of nitrogens with zero attached hydrogens (tertiary/aromatic N) is 2. The first-order valence-electron chi connectivity index (χ1n) is 7.31. The van der Waals surface area contributed by atoms with Gasteiger partial charge >= 0.3 is 6.03 Å². The van der Waals surface area contributed by atoms with Crippen LogP contribution >= 0.6 is 24.4 Å². The Morgan fingerprint density at radius 2 is 1.85 bits per heavy atom. The lowest BCUT2D eigenvalue weighted by Crippen LogP contribution is -2.27. The fourth-order valence-electron chi connectivity index (χ4n) is 2.01. The quantitative estimate of drug-likeness (QED) is 0.671. The second-order valence-corrected chi connectivity index (χ2v) is 5.82. The van der Waals surface area contributed by atoms with Crippen molar-refractivity contribution in [2.45, 2.75) is 6.92 Å². The molecule has 26 heavy (non-hydrogen) atoms. The highest BCUT2D eigenvalue weighted by atomic mass is 35.5. The number of ether oxygens (including phenoxy) is 2. The predicted octanol–water partition coefficient (Wildman–Crippen LogP) is 3.59. The van der Waals surface area contributed by atoms with Gasteiger partial charge in [-0.05, 0) is 18.2 Å². The highest BCUT2D eigenvalue weighted by molar-refractivity contribution is 7.82. The first-order chi connectivity index (χ1) is 12.3. The summed E-state index contributed by atoms with van der Waals surface area (Å²) < 4.78 is 11.4. The van der Waals surface area contributed by atoms with Crippen LogP contribution in [0.1, 0.15) is 6.92 Å². The van der Waals surface area contributed by atoms with E-state index in [4.69, 9.17) is 21.1 Å². The average Bonchev–Trinajstić information content (AvgIpc) is 2.61. The van der Waals surface area contributed by atoms with E-state index in [0.717, 1.165) is 4.31 Å². The number of carbonyl (C=O) groups is 2. The van der Waals surface area contributed by atoms with E-state index < -0.39 is 6.03 Å². The SMILES string of the molecule is COc1cc(OC)c(NC(=O)N(S)c2ccc(NC(C)=O)nc2)cc1Cl.